The fraction of sp³-hybridized carbons (Fsp3) is 0.269. The molecule has 5 N–H and O–H groups in total. The Morgan fingerprint density at radius 2 is 1.92 bits per heavy atom. The van der Waals surface area contributed by atoms with Crippen molar-refractivity contribution in [2.45, 2.75) is 19.8 Å². The van der Waals surface area contributed by atoms with Gasteiger partial charge in [0.2, 0.25) is 5.95 Å². The Bertz CT molecular complexity index is 1540. The molecule has 0 aliphatic carbocycles. The highest BCUT2D eigenvalue weighted by molar-refractivity contribution is 6.31. The highest BCUT2D eigenvalue weighted by atomic mass is 35.5. The summed E-state index contributed by atoms with van der Waals surface area (Å²) >= 11 is 6.03. The molecule has 0 unspecified atom stereocenters. The second kappa shape index (κ2) is 11.0. The highest BCUT2D eigenvalue weighted by Crippen LogP contribution is 2.24. The molecular weight excluding hydrogens is 526 g/mol. The van der Waals surface area contributed by atoms with Gasteiger partial charge >= 0.3 is 6.09 Å². The minimum atomic E-state index is -0.887. The van der Waals surface area contributed by atoms with Crippen molar-refractivity contribution >= 4 is 52.2 Å². The number of likely N-dealkylation sites (tertiary alicyclic amines) is 1. The number of carbonyl (C=O) groups excluding carboxylic acids is 2. The standard InChI is InChI=1S/C26H26ClN7O5/c1-14-2-3-16(27)10-19(14)30-23(35)21-22(29-13-28-21)24(36)33-25-31-18-5-4-17(11-20(18)32-25)39-12-15-6-8-34(9-7-15)26(37)38/h2-5,10-11,13,15H,6-9,12H2,1H3,(H,28,29)(H,30,35)(H,37,38)(H2,31,32,33,36). The zero-order valence-electron chi connectivity index (χ0n) is 21.0. The molecule has 1 aliphatic heterocycles. The van der Waals surface area contributed by atoms with Gasteiger partial charge in [-0.1, -0.05) is 17.7 Å². The van der Waals surface area contributed by atoms with E-state index in [-0.39, 0.29) is 23.3 Å². The SMILES string of the molecule is Cc1ccc(Cl)cc1NC(=O)c1nc[nH]c1C(=O)Nc1nc2ccc(OCC3CCN(C(=O)O)CC3)cc2[nH]1. The lowest BCUT2D eigenvalue weighted by atomic mass is 9.98. The highest BCUT2D eigenvalue weighted by Gasteiger charge is 2.24. The van der Waals surface area contributed by atoms with E-state index in [1.54, 1.807) is 36.4 Å². The average Bonchev–Trinajstić information content (AvgIpc) is 3.56. The van der Waals surface area contributed by atoms with Crippen molar-refractivity contribution in [1.82, 2.24) is 24.8 Å². The molecule has 2 aromatic heterocycles. The maximum atomic E-state index is 13.0. The number of hydrogen-bond acceptors (Lipinski definition) is 6. The molecule has 0 atom stereocenters. The van der Waals surface area contributed by atoms with Crippen LogP contribution in [0.25, 0.3) is 11.0 Å². The van der Waals surface area contributed by atoms with Crippen molar-refractivity contribution < 1.29 is 24.2 Å². The first-order valence-electron chi connectivity index (χ1n) is 12.3. The fourth-order valence-electron chi connectivity index (χ4n) is 4.36. The van der Waals surface area contributed by atoms with Gasteiger partial charge in [0.25, 0.3) is 11.8 Å². The van der Waals surface area contributed by atoms with E-state index in [1.165, 1.54) is 11.2 Å². The topological polar surface area (TPSA) is 165 Å². The van der Waals surface area contributed by atoms with Crippen molar-refractivity contribution in [2.75, 3.05) is 30.3 Å². The molecular formula is C26H26ClN7O5. The van der Waals surface area contributed by atoms with Crippen LogP contribution in [0.4, 0.5) is 16.4 Å². The zero-order valence-corrected chi connectivity index (χ0v) is 21.7. The van der Waals surface area contributed by atoms with Crippen LogP contribution in [0.5, 0.6) is 5.75 Å². The lowest BCUT2D eigenvalue weighted by Crippen LogP contribution is -2.38. The van der Waals surface area contributed by atoms with Gasteiger partial charge in [0.1, 0.15) is 11.4 Å². The zero-order chi connectivity index (χ0) is 27.5. The third-order valence-electron chi connectivity index (χ3n) is 6.59. The van der Waals surface area contributed by atoms with E-state index in [0.29, 0.717) is 47.2 Å². The summed E-state index contributed by atoms with van der Waals surface area (Å²) in [6.45, 7) is 3.32. The van der Waals surface area contributed by atoms with E-state index in [4.69, 9.17) is 21.4 Å². The number of aryl methyl sites for hydroxylation is 1. The molecule has 0 bridgehead atoms. The van der Waals surface area contributed by atoms with Crippen LogP contribution in [0, 0.1) is 12.8 Å². The van der Waals surface area contributed by atoms with Gasteiger partial charge in [-0.2, -0.15) is 0 Å². The number of piperidine rings is 1. The Hall–Kier alpha value is -4.58. The largest absolute Gasteiger partial charge is 0.493 e. The van der Waals surface area contributed by atoms with Crippen LogP contribution in [0.2, 0.25) is 5.02 Å². The number of carboxylic acid groups (broad SMARTS) is 1. The molecule has 202 valence electrons. The van der Waals surface area contributed by atoms with Gasteiger partial charge in [-0.3, -0.25) is 14.9 Å². The van der Waals surface area contributed by atoms with Crippen LogP contribution in [0.15, 0.2) is 42.7 Å². The number of aromatic amines is 2. The summed E-state index contributed by atoms with van der Waals surface area (Å²) in [4.78, 5) is 52.4. The lowest BCUT2D eigenvalue weighted by Gasteiger charge is -2.29. The minimum absolute atomic E-state index is 0.0226. The number of fused-ring (bicyclic) bond motifs is 1. The normalized spacial score (nSPS) is 13.8. The first kappa shape index (κ1) is 26.0. The molecule has 2 aromatic carbocycles. The monoisotopic (exact) mass is 551 g/mol. The second-order valence-corrected chi connectivity index (χ2v) is 9.72. The van der Waals surface area contributed by atoms with Crippen molar-refractivity contribution in [3.05, 3.63) is 64.7 Å². The molecule has 4 aromatic rings. The number of ether oxygens (including phenoxy) is 1. The van der Waals surface area contributed by atoms with E-state index in [1.807, 2.05) is 6.92 Å². The van der Waals surface area contributed by atoms with Crippen LogP contribution in [0.3, 0.4) is 0 Å². The first-order chi connectivity index (χ1) is 18.8. The number of nitrogens with one attached hydrogen (secondary N) is 4. The summed E-state index contributed by atoms with van der Waals surface area (Å²) < 4.78 is 5.94. The molecule has 5 rings (SSSR count). The molecule has 12 nitrogen and oxygen atoms in total. The van der Waals surface area contributed by atoms with Gasteiger partial charge in [-0.05, 0) is 55.5 Å². The third-order valence-corrected chi connectivity index (χ3v) is 6.82. The molecule has 3 amide bonds. The molecule has 3 heterocycles. The molecule has 1 fully saturated rings. The summed E-state index contributed by atoms with van der Waals surface area (Å²) in [5.41, 5.74) is 2.50. The molecule has 0 spiro atoms. The molecule has 1 saturated heterocycles. The van der Waals surface area contributed by atoms with Crippen molar-refractivity contribution in [3.8, 4) is 5.75 Å². The Labute approximate surface area is 227 Å². The summed E-state index contributed by atoms with van der Waals surface area (Å²) in [7, 11) is 0. The number of nitrogens with zero attached hydrogens (tertiary/aromatic N) is 3. The molecule has 13 heteroatoms. The van der Waals surface area contributed by atoms with Crippen LogP contribution in [-0.2, 0) is 0 Å². The van der Waals surface area contributed by atoms with Gasteiger partial charge in [0.15, 0.2) is 5.69 Å². The van der Waals surface area contributed by atoms with Crippen LogP contribution >= 0.6 is 11.6 Å². The van der Waals surface area contributed by atoms with Gasteiger partial charge < -0.3 is 30.0 Å². The van der Waals surface area contributed by atoms with Crippen molar-refractivity contribution in [2.24, 2.45) is 5.92 Å². The van der Waals surface area contributed by atoms with Crippen LogP contribution in [-0.4, -0.2) is 67.5 Å². The first-order valence-corrected chi connectivity index (χ1v) is 12.7. The Morgan fingerprint density at radius 1 is 1.13 bits per heavy atom. The molecule has 0 saturated carbocycles. The van der Waals surface area contributed by atoms with Gasteiger partial charge in [0.05, 0.1) is 24.0 Å². The number of carbonyl (C=O) groups is 3. The summed E-state index contributed by atoms with van der Waals surface area (Å²) in [5.74, 6) is -0.0552. The molecule has 0 radical (unpaired) electrons. The third kappa shape index (κ3) is 5.96. The smallest absolute Gasteiger partial charge is 0.407 e. The second-order valence-electron chi connectivity index (χ2n) is 9.28. The number of aromatic nitrogens is 4. The number of benzene rings is 2. The minimum Gasteiger partial charge on any atom is -0.493 e. The number of anilines is 2. The Morgan fingerprint density at radius 3 is 2.69 bits per heavy atom. The predicted octanol–water partition coefficient (Wildman–Crippen LogP) is 4.52. The number of H-pyrrole nitrogens is 2. The van der Waals surface area contributed by atoms with Crippen LogP contribution < -0.4 is 15.4 Å². The van der Waals surface area contributed by atoms with E-state index >= 15 is 0 Å². The average molecular weight is 552 g/mol. The molecule has 39 heavy (non-hydrogen) atoms. The van der Waals surface area contributed by atoms with Gasteiger partial charge in [-0.15, -0.1) is 0 Å². The number of halogens is 1. The Kier molecular flexibility index (Phi) is 7.37. The molecule has 1 aliphatic rings. The summed E-state index contributed by atoms with van der Waals surface area (Å²) in [5, 5.41) is 14.9. The van der Waals surface area contributed by atoms with Gasteiger partial charge in [0, 0.05) is 29.9 Å². The lowest BCUT2D eigenvalue weighted by molar-refractivity contribution is 0.0985. The van der Waals surface area contributed by atoms with Crippen LogP contribution in [0.1, 0.15) is 39.4 Å². The van der Waals surface area contributed by atoms with E-state index < -0.39 is 17.9 Å². The van der Waals surface area contributed by atoms with E-state index in [0.717, 1.165) is 18.4 Å². The quantitative estimate of drug-likeness (QED) is 0.225. The van der Waals surface area contributed by atoms with E-state index in [9.17, 15) is 14.4 Å². The maximum absolute atomic E-state index is 13.0. The predicted molar refractivity (Wildman–Crippen MR) is 145 cm³/mol. The van der Waals surface area contributed by atoms with E-state index in [2.05, 4.69) is 30.6 Å². The summed E-state index contributed by atoms with van der Waals surface area (Å²) in [6, 6.07) is 10.5. The number of imidazole rings is 2. The van der Waals surface area contributed by atoms with Gasteiger partial charge in [-0.25, -0.2) is 14.8 Å². The maximum Gasteiger partial charge on any atom is 0.407 e. The number of rotatable bonds is 7. The number of amides is 3. The Balaban J connectivity index is 1.22. The van der Waals surface area contributed by atoms with Crippen molar-refractivity contribution in [3.63, 3.8) is 0 Å². The summed E-state index contributed by atoms with van der Waals surface area (Å²) in [6.07, 6.45) is 1.88. The van der Waals surface area contributed by atoms with Crippen molar-refractivity contribution in [1.29, 1.82) is 0 Å². The number of hydrogen-bond donors (Lipinski definition) is 5. The fourth-order valence-corrected chi connectivity index (χ4v) is 4.53.